The quantitative estimate of drug-likeness (QED) is 0.522. The topological polar surface area (TPSA) is 117 Å². The summed E-state index contributed by atoms with van der Waals surface area (Å²) in [5.74, 6) is 0.586. The van der Waals surface area contributed by atoms with E-state index in [2.05, 4.69) is 15.3 Å². The van der Waals surface area contributed by atoms with Gasteiger partial charge < -0.3 is 20.1 Å². The molecule has 8 heteroatoms. The highest BCUT2D eigenvalue weighted by Gasteiger charge is 2.35. The number of ether oxygens (including phenoxy) is 1. The molecule has 0 unspecified atom stereocenters. The van der Waals surface area contributed by atoms with Crippen molar-refractivity contribution in [2.24, 2.45) is 0 Å². The van der Waals surface area contributed by atoms with Gasteiger partial charge in [0.25, 0.3) is 5.56 Å². The first-order valence-corrected chi connectivity index (χ1v) is 10.7. The second kappa shape index (κ2) is 7.36. The summed E-state index contributed by atoms with van der Waals surface area (Å²) in [6.45, 7) is 0.781. The van der Waals surface area contributed by atoms with Crippen LogP contribution in [0.4, 0.5) is 0 Å². The van der Waals surface area contributed by atoms with Crippen LogP contribution in [0, 0.1) is 0 Å². The largest absolute Gasteiger partial charge is 0.497 e. The monoisotopic (exact) mass is 411 g/mol. The van der Waals surface area contributed by atoms with Gasteiger partial charge in [-0.2, -0.15) is 0 Å². The Morgan fingerprint density at radius 2 is 1.97 bits per heavy atom. The summed E-state index contributed by atoms with van der Waals surface area (Å²) < 4.78 is 6.78. The third kappa shape index (κ3) is 2.94. The molecule has 158 valence electrons. The molecule has 1 atom stereocenters. The van der Waals surface area contributed by atoms with E-state index in [0.29, 0.717) is 0 Å². The van der Waals surface area contributed by atoms with Gasteiger partial charge in [-0.25, -0.2) is 4.79 Å². The second-order valence-electron chi connectivity index (χ2n) is 8.34. The Kier molecular flexibility index (Phi) is 4.66. The first-order chi connectivity index (χ1) is 14.6. The molecule has 8 nitrogen and oxygen atoms in total. The number of H-pyrrole nitrogens is 2. The van der Waals surface area contributed by atoms with Gasteiger partial charge in [0.05, 0.1) is 19.3 Å². The number of aromatic hydroxyl groups is 1. The second-order valence-corrected chi connectivity index (χ2v) is 8.34. The van der Waals surface area contributed by atoms with E-state index in [9.17, 15) is 14.7 Å². The zero-order chi connectivity index (χ0) is 20.8. The summed E-state index contributed by atoms with van der Waals surface area (Å²) in [6.07, 6.45) is 5.71. The van der Waals surface area contributed by atoms with Crippen molar-refractivity contribution in [3.05, 3.63) is 55.9 Å². The molecular formula is C22H27N4O4+. The Hall–Kier alpha value is -3.00. The lowest BCUT2D eigenvalue weighted by molar-refractivity contribution is -0.690. The number of methoxy groups -OCH3 is 1. The molecule has 1 fully saturated rings. The van der Waals surface area contributed by atoms with Crippen molar-refractivity contribution in [2.45, 2.75) is 50.6 Å². The van der Waals surface area contributed by atoms with Crippen molar-refractivity contribution in [3.8, 4) is 11.6 Å². The van der Waals surface area contributed by atoms with Crippen LogP contribution in [0.15, 0.2) is 27.8 Å². The van der Waals surface area contributed by atoms with Crippen LogP contribution < -0.4 is 21.3 Å². The highest BCUT2D eigenvalue weighted by molar-refractivity contribution is 5.86. The van der Waals surface area contributed by atoms with E-state index in [0.717, 1.165) is 73.0 Å². The van der Waals surface area contributed by atoms with Gasteiger partial charge in [0, 0.05) is 23.4 Å². The summed E-state index contributed by atoms with van der Waals surface area (Å²) in [5, 5.41) is 14.2. The molecule has 5 N–H and O–H groups in total. The molecule has 1 aromatic carbocycles. The zero-order valence-corrected chi connectivity index (χ0v) is 17.0. The fourth-order valence-electron chi connectivity index (χ4n) is 5.19. The molecule has 1 aliphatic carbocycles. The van der Waals surface area contributed by atoms with Crippen molar-refractivity contribution in [2.75, 3.05) is 13.7 Å². The Bertz CT molecular complexity index is 1220. The Balaban J connectivity index is 1.67. The maximum Gasteiger partial charge on any atom is 0.331 e. The third-order valence-electron chi connectivity index (χ3n) is 6.66. The van der Waals surface area contributed by atoms with Crippen LogP contribution in [0.2, 0.25) is 0 Å². The Labute approximate surface area is 172 Å². The number of nitrogens with one attached hydrogen (secondary N) is 2. The first-order valence-electron chi connectivity index (χ1n) is 10.7. The number of rotatable bonds is 3. The average molecular weight is 411 g/mol. The number of nitrogens with two attached hydrogens (primary N) is 1. The van der Waals surface area contributed by atoms with Gasteiger partial charge in [-0.1, -0.05) is 19.3 Å². The Morgan fingerprint density at radius 1 is 1.17 bits per heavy atom. The average Bonchev–Trinajstić information content (AvgIpc) is 3.13. The van der Waals surface area contributed by atoms with Gasteiger partial charge in [0.2, 0.25) is 5.88 Å². The molecule has 30 heavy (non-hydrogen) atoms. The third-order valence-corrected chi connectivity index (χ3v) is 6.66. The van der Waals surface area contributed by atoms with E-state index in [4.69, 9.17) is 4.74 Å². The SMILES string of the molecule is COc1ccc2[nH]c3c(c2c1)CC[NH2+][C@H]3c1c(O)n(C2CCCCC2)c(=O)[nH]c1=O. The fourth-order valence-corrected chi connectivity index (χ4v) is 5.19. The van der Waals surface area contributed by atoms with E-state index in [1.807, 2.05) is 18.2 Å². The molecule has 3 aromatic rings. The number of aromatic nitrogens is 3. The predicted octanol–water partition coefficient (Wildman–Crippen LogP) is 1.45. The highest BCUT2D eigenvalue weighted by Crippen LogP contribution is 2.35. The van der Waals surface area contributed by atoms with Crippen molar-refractivity contribution in [1.82, 2.24) is 14.5 Å². The first kappa shape index (κ1) is 19.0. The van der Waals surface area contributed by atoms with Crippen molar-refractivity contribution >= 4 is 10.9 Å². The van der Waals surface area contributed by atoms with E-state index < -0.39 is 17.3 Å². The van der Waals surface area contributed by atoms with E-state index in [-0.39, 0.29) is 17.5 Å². The summed E-state index contributed by atoms with van der Waals surface area (Å²) in [7, 11) is 1.64. The Morgan fingerprint density at radius 3 is 2.73 bits per heavy atom. The standard InChI is InChI=1S/C22H26N4O4/c1-30-13-7-8-16-15(11-13)14-9-10-23-19(18(14)24-16)17-20(27)25-22(29)26(21(17)28)12-5-3-2-4-6-12/h7-8,11-12,19,23-24,28H,2-6,9-10H2,1H3,(H,25,27,29)/p+1/t19-/m0/s1. The molecule has 0 spiro atoms. The summed E-state index contributed by atoms with van der Waals surface area (Å²) in [4.78, 5) is 31.3. The molecule has 2 aromatic heterocycles. The molecule has 0 amide bonds. The van der Waals surface area contributed by atoms with Gasteiger partial charge in [0.15, 0.2) is 6.04 Å². The minimum Gasteiger partial charge on any atom is -0.497 e. The van der Waals surface area contributed by atoms with Crippen molar-refractivity contribution < 1.29 is 15.2 Å². The summed E-state index contributed by atoms with van der Waals surface area (Å²) in [5.41, 5.74) is 2.21. The van der Waals surface area contributed by atoms with Crippen LogP contribution in [0.3, 0.4) is 0 Å². The normalized spacial score (nSPS) is 19.7. The summed E-state index contributed by atoms with van der Waals surface area (Å²) in [6, 6.07) is 5.40. The molecule has 0 radical (unpaired) electrons. The lowest BCUT2D eigenvalue weighted by atomic mass is 9.93. The lowest BCUT2D eigenvalue weighted by Crippen LogP contribution is -2.87. The highest BCUT2D eigenvalue weighted by atomic mass is 16.5. The molecule has 5 rings (SSSR count). The molecular weight excluding hydrogens is 384 g/mol. The van der Waals surface area contributed by atoms with Gasteiger partial charge in [0.1, 0.15) is 11.3 Å². The number of fused-ring (bicyclic) bond motifs is 3. The van der Waals surface area contributed by atoms with E-state index >= 15 is 0 Å². The zero-order valence-electron chi connectivity index (χ0n) is 17.0. The van der Waals surface area contributed by atoms with Crippen LogP contribution in [-0.4, -0.2) is 33.3 Å². The summed E-state index contributed by atoms with van der Waals surface area (Å²) >= 11 is 0. The maximum absolute atomic E-state index is 12.8. The van der Waals surface area contributed by atoms with Crippen LogP contribution in [-0.2, 0) is 6.42 Å². The lowest BCUT2D eigenvalue weighted by Gasteiger charge is -2.27. The van der Waals surface area contributed by atoms with Gasteiger partial charge in [-0.15, -0.1) is 0 Å². The predicted molar refractivity (Wildman–Crippen MR) is 112 cm³/mol. The molecule has 1 saturated carbocycles. The van der Waals surface area contributed by atoms with Crippen LogP contribution in [0.25, 0.3) is 10.9 Å². The number of hydrogen-bond acceptors (Lipinski definition) is 4. The number of quaternary nitrogens is 1. The van der Waals surface area contributed by atoms with Crippen LogP contribution >= 0.6 is 0 Å². The molecule has 0 bridgehead atoms. The van der Waals surface area contributed by atoms with Crippen molar-refractivity contribution in [3.63, 3.8) is 0 Å². The van der Waals surface area contributed by atoms with E-state index in [1.54, 1.807) is 7.11 Å². The number of hydrogen-bond donors (Lipinski definition) is 4. The molecule has 1 aliphatic heterocycles. The minimum absolute atomic E-state index is 0.0723. The molecule has 2 aliphatic rings. The van der Waals surface area contributed by atoms with Gasteiger partial charge >= 0.3 is 5.69 Å². The number of nitrogens with zero attached hydrogens (tertiary/aromatic N) is 1. The fraction of sp³-hybridized carbons (Fsp3) is 0.455. The van der Waals surface area contributed by atoms with Crippen LogP contribution in [0.5, 0.6) is 11.6 Å². The molecule has 3 heterocycles. The number of benzene rings is 1. The van der Waals surface area contributed by atoms with E-state index in [1.165, 1.54) is 4.57 Å². The molecule has 0 saturated heterocycles. The van der Waals surface area contributed by atoms with Gasteiger partial charge in [-0.05, 0) is 36.6 Å². The number of aromatic amines is 2. The van der Waals surface area contributed by atoms with Gasteiger partial charge in [-0.3, -0.25) is 14.3 Å². The minimum atomic E-state index is -0.523. The van der Waals surface area contributed by atoms with Crippen molar-refractivity contribution in [1.29, 1.82) is 0 Å². The smallest absolute Gasteiger partial charge is 0.331 e. The van der Waals surface area contributed by atoms with Crippen LogP contribution in [0.1, 0.15) is 61.0 Å². The maximum atomic E-state index is 12.8.